The Kier molecular flexibility index (Phi) is 3.49. The third-order valence-electron chi connectivity index (χ3n) is 3.74. The number of fused-ring (bicyclic) bond motifs is 1. The van der Waals surface area contributed by atoms with Crippen molar-refractivity contribution in [1.29, 1.82) is 0 Å². The highest BCUT2D eigenvalue weighted by molar-refractivity contribution is 7.88. The zero-order chi connectivity index (χ0) is 14.2. The first kappa shape index (κ1) is 13.5. The van der Waals surface area contributed by atoms with Gasteiger partial charge >= 0.3 is 5.22 Å². The van der Waals surface area contributed by atoms with Crippen molar-refractivity contribution in [2.45, 2.75) is 18.1 Å². The Bertz CT molecular complexity index is 669. The van der Waals surface area contributed by atoms with Gasteiger partial charge in [0.15, 0.2) is 5.58 Å². The first-order valence-electron chi connectivity index (χ1n) is 6.67. The Morgan fingerprint density at radius 1 is 1.30 bits per heavy atom. The molecule has 2 N–H and O–H groups in total. The van der Waals surface area contributed by atoms with Crippen LogP contribution in [0, 0.1) is 5.92 Å². The maximum absolute atomic E-state index is 12.5. The lowest BCUT2D eigenvalue weighted by atomic mass is 9.99. The molecule has 2 aromatic rings. The van der Waals surface area contributed by atoms with Crippen LogP contribution in [0.15, 0.2) is 33.9 Å². The highest BCUT2D eigenvalue weighted by Gasteiger charge is 2.32. The quantitative estimate of drug-likeness (QED) is 0.918. The summed E-state index contributed by atoms with van der Waals surface area (Å²) in [5.41, 5.74) is 6.67. The molecule has 1 fully saturated rings. The molecule has 2 heterocycles. The molecule has 1 saturated heterocycles. The second-order valence-electron chi connectivity index (χ2n) is 5.03. The Hall–Kier alpha value is -1.44. The number of para-hydroxylation sites is 2. The van der Waals surface area contributed by atoms with Crippen molar-refractivity contribution in [3.05, 3.63) is 24.3 Å². The van der Waals surface area contributed by atoms with Gasteiger partial charge in [0.2, 0.25) is 0 Å². The smallest absolute Gasteiger partial charge is 0.332 e. The second kappa shape index (κ2) is 5.16. The molecule has 1 aromatic carbocycles. The standard InChI is InChI=1S/C13H17N3O3S/c14-9-10-5-7-16(8-6-10)20(17,18)13-15-11-3-1-2-4-12(11)19-13/h1-4,10H,5-9,14H2. The topological polar surface area (TPSA) is 89.4 Å². The van der Waals surface area contributed by atoms with Crippen molar-refractivity contribution in [3.8, 4) is 0 Å². The van der Waals surface area contributed by atoms with E-state index in [1.165, 1.54) is 4.31 Å². The van der Waals surface area contributed by atoms with Gasteiger partial charge < -0.3 is 10.2 Å². The van der Waals surface area contributed by atoms with E-state index in [4.69, 9.17) is 10.2 Å². The Balaban J connectivity index is 1.88. The molecule has 0 amide bonds. The Labute approximate surface area is 117 Å². The summed E-state index contributed by atoms with van der Waals surface area (Å²) in [6.07, 6.45) is 1.58. The summed E-state index contributed by atoms with van der Waals surface area (Å²) in [5, 5.41) is -0.218. The lowest BCUT2D eigenvalue weighted by Crippen LogP contribution is -2.40. The van der Waals surface area contributed by atoms with Gasteiger partial charge in [-0.05, 0) is 37.4 Å². The minimum absolute atomic E-state index is 0.218. The van der Waals surface area contributed by atoms with Gasteiger partial charge in [0.05, 0.1) is 0 Å². The average Bonchev–Trinajstić information content (AvgIpc) is 2.92. The van der Waals surface area contributed by atoms with Gasteiger partial charge in [-0.15, -0.1) is 0 Å². The highest BCUT2D eigenvalue weighted by atomic mass is 32.2. The molecule has 0 radical (unpaired) electrons. The van der Waals surface area contributed by atoms with Crippen LogP contribution in [0.25, 0.3) is 11.1 Å². The summed E-state index contributed by atoms with van der Waals surface area (Å²) in [4.78, 5) is 4.08. The molecule has 0 unspecified atom stereocenters. The fraction of sp³-hybridized carbons (Fsp3) is 0.462. The monoisotopic (exact) mass is 295 g/mol. The molecule has 20 heavy (non-hydrogen) atoms. The van der Waals surface area contributed by atoms with Gasteiger partial charge in [0.25, 0.3) is 10.0 Å². The normalized spacial score (nSPS) is 18.6. The van der Waals surface area contributed by atoms with Crippen LogP contribution in [0.4, 0.5) is 0 Å². The highest BCUT2D eigenvalue weighted by Crippen LogP contribution is 2.25. The van der Waals surface area contributed by atoms with Crippen LogP contribution in [-0.2, 0) is 10.0 Å². The maximum Gasteiger partial charge on any atom is 0.332 e. The number of hydrogen-bond acceptors (Lipinski definition) is 5. The number of hydrogen-bond donors (Lipinski definition) is 1. The van der Waals surface area contributed by atoms with Gasteiger partial charge in [0, 0.05) is 13.1 Å². The third-order valence-corrected chi connectivity index (χ3v) is 5.40. The number of sulfonamides is 1. The van der Waals surface area contributed by atoms with Crippen LogP contribution < -0.4 is 5.73 Å². The van der Waals surface area contributed by atoms with Crippen molar-refractivity contribution in [3.63, 3.8) is 0 Å². The van der Waals surface area contributed by atoms with Gasteiger partial charge in [0.1, 0.15) is 5.52 Å². The lowest BCUT2D eigenvalue weighted by molar-refractivity contribution is 0.272. The third kappa shape index (κ3) is 2.32. The van der Waals surface area contributed by atoms with Crippen LogP contribution >= 0.6 is 0 Å². The predicted octanol–water partition coefficient (Wildman–Crippen LogP) is 1.19. The first-order chi connectivity index (χ1) is 9.61. The maximum atomic E-state index is 12.5. The summed E-state index contributed by atoms with van der Waals surface area (Å²) >= 11 is 0. The van der Waals surface area contributed by atoms with Gasteiger partial charge in [-0.3, -0.25) is 0 Å². The Morgan fingerprint density at radius 2 is 2.00 bits per heavy atom. The molecule has 0 aliphatic carbocycles. The zero-order valence-electron chi connectivity index (χ0n) is 11.0. The van der Waals surface area contributed by atoms with E-state index in [-0.39, 0.29) is 5.22 Å². The molecule has 0 spiro atoms. The Morgan fingerprint density at radius 3 is 2.65 bits per heavy atom. The molecule has 0 bridgehead atoms. The summed E-state index contributed by atoms with van der Waals surface area (Å²) in [6, 6.07) is 7.03. The molecule has 7 heteroatoms. The van der Waals surface area contributed by atoms with Gasteiger partial charge in [-0.2, -0.15) is 9.29 Å². The molecule has 3 rings (SSSR count). The van der Waals surface area contributed by atoms with Crippen molar-refractivity contribution in [2.24, 2.45) is 11.7 Å². The van der Waals surface area contributed by atoms with E-state index in [1.54, 1.807) is 24.3 Å². The molecule has 1 aliphatic heterocycles. The number of benzene rings is 1. The van der Waals surface area contributed by atoms with Crippen LogP contribution in [0.3, 0.4) is 0 Å². The molecule has 1 aromatic heterocycles. The van der Waals surface area contributed by atoms with Crippen LogP contribution in [0.5, 0.6) is 0 Å². The number of piperidine rings is 1. The predicted molar refractivity (Wildman–Crippen MR) is 74.5 cm³/mol. The van der Waals surface area contributed by atoms with Crippen molar-refractivity contribution in [2.75, 3.05) is 19.6 Å². The molecule has 108 valence electrons. The summed E-state index contributed by atoms with van der Waals surface area (Å²) in [6.45, 7) is 1.56. The molecular formula is C13H17N3O3S. The van der Waals surface area contributed by atoms with E-state index in [0.717, 1.165) is 12.8 Å². The summed E-state index contributed by atoms with van der Waals surface area (Å²) in [7, 11) is -3.64. The lowest BCUT2D eigenvalue weighted by Gasteiger charge is -2.29. The van der Waals surface area contributed by atoms with E-state index >= 15 is 0 Å². The van der Waals surface area contributed by atoms with E-state index in [1.807, 2.05) is 0 Å². The molecule has 0 atom stereocenters. The molecule has 1 aliphatic rings. The van der Waals surface area contributed by atoms with Gasteiger partial charge in [-0.1, -0.05) is 12.1 Å². The van der Waals surface area contributed by atoms with E-state index in [0.29, 0.717) is 36.7 Å². The average molecular weight is 295 g/mol. The van der Waals surface area contributed by atoms with E-state index in [9.17, 15) is 8.42 Å². The fourth-order valence-corrected chi connectivity index (χ4v) is 3.78. The number of aromatic nitrogens is 1. The van der Waals surface area contributed by atoms with Crippen molar-refractivity contribution in [1.82, 2.24) is 9.29 Å². The number of rotatable bonds is 3. The minimum Gasteiger partial charge on any atom is -0.427 e. The number of nitrogens with zero attached hydrogens (tertiary/aromatic N) is 2. The van der Waals surface area contributed by atoms with Crippen LogP contribution in [-0.4, -0.2) is 37.3 Å². The van der Waals surface area contributed by atoms with Gasteiger partial charge in [-0.25, -0.2) is 8.42 Å². The largest absolute Gasteiger partial charge is 0.427 e. The van der Waals surface area contributed by atoms with E-state index in [2.05, 4.69) is 4.98 Å². The number of oxazole rings is 1. The minimum atomic E-state index is -3.64. The molecule has 6 nitrogen and oxygen atoms in total. The van der Waals surface area contributed by atoms with Crippen molar-refractivity contribution >= 4 is 21.1 Å². The molecular weight excluding hydrogens is 278 g/mol. The zero-order valence-corrected chi connectivity index (χ0v) is 11.8. The number of nitrogens with two attached hydrogens (primary N) is 1. The summed E-state index contributed by atoms with van der Waals surface area (Å²) in [5.74, 6) is 0.407. The summed E-state index contributed by atoms with van der Waals surface area (Å²) < 4.78 is 31.8. The van der Waals surface area contributed by atoms with E-state index < -0.39 is 10.0 Å². The van der Waals surface area contributed by atoms with Crippen LogP contribution in [0.2, 0.25) is 0 Å². The first-order valence-corrected chi connectivity index (χ1v) is 8.11. The second-order valence-corrected chi connectivity index (χ2v) is 6.85. The van der Waals surface area contributed by atoms with Crippen LogP contribution in [0.1, 0.15) is 12.8 Å². The SMILES string of the molecule is NCC1CCN(S(=O)(=O)c2nc3ccccc3o2)CC1. The fourth-order valence-electron chi connectivity index (χ4n) is 2.46. The molecule has 0 saturated carbocycles. The van der Waals surface area contributed by atoms with Crippen molar-refractivity contribution < 1.29 is 12.8 Å².